The molecule has 1 aromatic carbocycles. The Kier molecular flexibility index (Phi) is 3.50. The third-order valence-corrected chi connectivity index (χ3v) is 4.15. The fourth-order valence-electron chi connectivity index (χ4n) is 2.12. The molecule has 104 valence electrons. The van der Waals surface area contributed by atoms with Crippen LogP contribution in [0, 0.1) is 12.7 Å². The molecule has 1 heterocycles. The van der Waals surface area contributed by atoms with Crippen molar-refractivity contribution in [1.29, 1.82) is 0 Å². The van der Waals surface area contributed by atoms with Crippen molar-refractivity contribution in [2.75, 3.05) is 0 Å². The molecule has 0 atom stereocenters. The van der Waals surface area contributed by atoms with Gasteiger partial charge in [0.2, 0.25) is 0 Å². The van der Waals surface area contributed by atoms with Crippen LogP contribution in [-0.4, -0.2) is 18.3 Å². The van der Waals surface area contributed by atoms with Gasteiger partial charge in [-0.25, -0.2) is 4.39 Å². The Labute approximate surface area is 114 Å². The van der Waals surface area contributed by atoms with Crippen molar-refractivity contribution in [3.05, 3.63) is 29.1 Å². The van der Waals surface area contributed by atoms with Crippen LogP contribution in [0.2, 0.25) is 0 Å². The van der Waals surface area contributed by atoms with Crippen molar-refractivity contribution in [3.8, 4) is 0 Å². The Morgan fingerprint density at radius 2 is 1.68 bits per heavy atom. The fourth-order valence-corrected chi connectivity index (χ4v) is 2.12. The van der Waals surface area contributed by atoms with Crippen molar-refractivity contribution in [2.24, 2.45) is 5.73 Å². The number of benzene rings is 1. The van der Waals surface area contributed by atoms with Crippen LogP contribution < -0.4 is 11.2 Å². The maximum absolute atomic E-state index is 13.8. The molecule has 0 unspecified atom stereocenters. The molecule has 1 aromatic rings. The van der Waals surface area contributed by atoms with Crippen LogP contribution in [0.5, 0.6) is 0 Å². The molecular weight excluding hydrogens is 244 g/mol. The summed E-state index contributed by atoms with van der Waals surface area (Å²) in [7, 11) is -0.571. The van der Waals surface area contributed by atoms with E-state index in [1.54, 1.807) is 13.0 Å². The van der Waals surface area contributed by atoms with Crippen LogP contribution in [0.3, 0.4) is 0 Å². The topological polar surface area (TPSA) is 44.5 Å². The molecule has 2 rings (SSSR count). The van der Waals surface area contributed by atoms with Gasteiger partial charge in [-0.15, -0.1) is 0 Å². The molecular formula is C14H21BFNO2. The molecule has 0 amide bonds. The summed E-state index contributed by atoms with van der Waals surface area (Å²) in [6, 6.07) is 3.23. The normalized spacial score (nSPS) is 20.9. The first-order chi connectivity index (χ1) is 8.68. The largest absolute Gasteiger partial charge is 0.495 e. The standard InChI is InChI=1S/C14H21BFNO2/c1-9-6-10(8-17)11(7-12(9)16)15-18-13(2,3)14(4,5)19-15/h6-7H,8,17H2,1-5H3. The van der Waals surface area contributed by atoms with Crippen molar-refractivity contribution in [1.82, 2.24) is 0 Å². The van der Waals surface area contributed by atoms with E-state index in [4.69, 9.17) is 15.0 Å². The van der Waals surface area contributed by atoms with Crippen LogP contribution in [0.1, 0.15) is 38.8 Å². The SMILES string of the molecule is Cc1cc(CN)c(B2OC(C)(C)C(C)(C)O2)cc1F. The van der Waals surface area contributed by atoms with E-state index in [9.17, 15) is 4.39 Å². The highest BCUT2D eigenvalue weighted by Gasteiger charge is 2.52. The van der Waals surface area contributed by atoms with Gasteiger partial charge in [0.05, 0.1) is 11.2 Å². The predicted octanol–water partition coefficient (Wildman–Crippen LogP) is 1.89. The van der Waals surface area contributed by atoms with E-state index in [0.29, 0.717) is 17.6 Å². The van der Waals surface area contributed by atoms with Crippen molar-refractivity contribution >= 4 is 12.6 Å². The molecule has 2 N–H and O–H groups in total. The van der Waals surface area contributed by atoms with Gasteiger partial charge in [0.25, 0.3) is 0 Å². The van der Waals surface area contributed by atoms with Gasteiger partial charge < -0.3 is 15.0 Å². The number of rotatable bonds is 2. The number of halogens is 1. The van der Waals surface area contributed by atoms with E-state index in [2.05, 4.69) is 0 Å². The van der Waals surface area contributed by atoms with Crippen LogP contribution in [0.25, 0.3) is 0 Å². The molecule has 1 fully saturated rings. The lowest BCUT2D eigenvalue weighted by atomic mass is 9.75. The summed E-state index contributed by atoms with van der Waals surface area (Å²) in [5, 5.41) is 0. The lowest BCUT2D eigenvalue weighted by molar-refractivity contribution is 0.00578. The van der Waals surface area contributed by atoms with Gasteiger partial charge in [-0.2, -0.15) is 0 Å². The summed E-state index contributed by atoms with van der Waals surface area (Å²) >= 11 is 0. The number of nitrogens with two attached hydrogens (primary N) is 1. The van der Waals surface area contributed by atoms with Gasteiger partial charge in [-0.05, 0) is 57.3 Å². The lowest BCUT2D eigenvalue weighted by Crippen LogP contribution is -2.41. The smallest absolute Gasteiger partial charge is 0.399 e. The van der Waals surface area contributed by atoms with Crippen molar-refractivity contribution < 1.29 is 13.7 Å². The minimum atomic E-state index is -0.571. The van der Waals surface area contributed by atoms with Gasteiger partial charge >= 0.3 is 7.12 Å². The van der Waals surface area contributed by atoms with E-state index in [-0.39, 0.29) is 5.82 Å². The highest BCUT2D eigenvalue weighted by Crippen LogP contribution is 2.36. The quantitative estimate of drug-likeness (QED) is 0.830. The number of hydrogen-bond donors (Lipinski definition) is 1. The zero-order valence-corrected chi connectivity index (χ0v) is 12.2. The lowest BCUT2D eigenvalue weighted by Gasteiger charge is -2.32. The number of hydrogen-bond acceptors (Lipinski definition) is 3. The van der Waals surface area contributed by atoms with Gasteiger partial charge in [-0.1, -0.05) is 6.07 Å². The van der Waals surface area contributed by atoms with Crippen LogP contribution >= 0.6 is 0 Å². The molecule has 0 spiro atoms. The summed E-state index contributed by atoms with van der Waals surface area (Å²) in [6.45, 7) is 9.95. The number of aryl methyl sites for hydroxylation is 1. The van der Waals surface area contributed by atoms with E-state index in [0.717, 1.165) is 5.56 Å². The second-order valence-electron chi connectivity index (χ2n) is 6.09. The average molecular weight is 265 g/mol. The highest BCUT2D eigenvalue weighted by molar-refractivity contribution is 6.62. The zero-order chi connectivity index (χ0) is 14.4. The molecule has 19 heavy (non-hydrogen) atoms. The molecule has 0 bridgehead atoms. The maximum Gasteiger partial charge on any atom is 0.495 e. The summed E-state index contributed by atoms with van der Waals surface area (Å²) < 4.78 is 25.7. The minimum absolute atomic E-state index is 0.262. The van der Waals surface area contributed by atoms with Crippen molar-refractivity contribution in [3.63, 3.8) is 0 Å². The molecule has 0 aliphatic carbocycles. The summed E-state index contributed by atoms with van der Waals surface area (Å²) in [4.78, 5) is 0. The molecule has 0 radical (unpaired) electrons. The summed E-state index contributed by atoms with van der Waals surface area (Å²) in [5.74, 6) is -0.262. The monoisotopic (exact) mass is 265 g/mol. The molecule has 0 saturated carbocycles. The molecule has 0 aromatic heterocycles. The molecule has 1 aliphatic rings. The average Bonchev–Trinajstić information content (AvgIpc) is 2.51. The Hall–Kier alpha value is -0.905. The van der Waals surface area contributed by atoms with Crippen LogP contribution in [0.15, 0.2) is 12.1 Å². The third kappa shape index (κ3) is 2.42. The van der Waals surface area contributed by atoms with Gasteiger partial charge in [0.15, 0.2) is 0 Å². The zero-order valence-electron chi connectivity index (χ0n) is 12.2. The van der Waals surface area contributed by atoms with E-state index < -0.39 is 18.3 Å². The van der Waals surface area contributed by atoms with E-state index in [1.807, 2.05) is 27.7 Å². The first kappa shape index (κ1) is 14.5. The Balaban J connectivity index is 2.42. The molecule has 5 heteroatoms. The van der Waals surface area contributed by atoms with Crippen LogP contribution in [0.4, 0.5) is 4.39 Å². The van der Waals surface area contributed by atoms with E-state index in [1.165, 1.54) is 6.07 Å². The molecule has 1 saturated heterocycles. The predicted molar refractivity (Wildman–Crippen MR) is 74.7 cm³/mol. The Morgan fingerprint density at radius 1 is 1.16 bits per heavy atom. The van der Waals surface area contributed by atoms with Crippen LogP contribution in [-0.2, 0) is 15.9 Å². The summed E-state index contributed by atoms with van der Waals surface area (Å²) in [5.41, 5.74) is 6.99. The van der Waals surface area contributed by atoms with Crippen molar-refractivity contribution in [2.45, 2.75) is 52.4 Å². The minimum Gasteiger partial charge on any atom is -0.399 e. The summed E-state index contributed by atoms with van der Waals surface area (Å²) in [6.07, 6.45) is 0. The second-order valence-corrected chi connectivity index (χ2v) is 6.09. The fraction of sp³-hybridized carbons (Fsp3) is 0.571. The molecule has 3 nitrogen and oxygen atoms in total. The van der Waals surface area contributed by atoms with E-state index >= 15 is 0 Å². The Bertz CT molecular complexity index is 486. The molecule has 1 aliphatic heterocycles. The van der Waals surface area contributed by atoms with Gasteiger partial charge in [0, 0.05) is 6.54 Å². The first-order valence-electron chi connectivity index (χ1n) is 6.52. The first-order valence-corrected chi connectivity index (χ1v) is 6.52. The van der Waals surface area contributed by atoms with Gasteiger partial charge in [-0.3, -0.25) is 0 Å². The maximum atomic E-state index is 13.8. The second kappa shape index (κ2) is 4.58. The highest BCUT2D eigenvalue weighted by atomic mass is 19.1. The third-order valence-electron chi connectivity index (χ3n) is 4.15. The van der Waals surface area contributed by atoms with Gasteiger partial charge in [0.1, 0.15) is 5.82 Å². The Morgan fingerprint density at radius 3 is 2.16 bits per heavy atom.